The van der Waals surface area contributed by atoms with Crippen LogP contribution in [0.4, 0.5) is 0 Å². The van der Waals surface area contributed by atoms with Crippen molar-refractivity contribution < 1.29 is 0 Å². The van der Waals surface area contributed by atoms with Crippen molar-refractivity contribution in [3.8, 4) is 28.1 Å². The molecule has 7 aromatic carbocycles. The van der Waals surface area contributed by atoms with Crippen LogP contribution in [-0.2, 0) is 10.8 Å². The summed E-state index contributed by atoms with van der Waals surface area (Å²) in [5, 5.41) is 2.47. The molecule has 2 aromatic heterocycles. The Bertz CT molecular complexity index is 2840. The van der Waals surface area contributed by atoms with Gasteiger partial charge in [-0.25, -0.2) is 4.98 Å². The van der Waals surface area contributed by atoms with Crippen LogP contribution in [0.1, 0.15) is 44.5 Å². The molecule has 0 atom stereocenters. The Balaban J connectivity index is 1.37. The lowest BCUT2D eigenvalue weighted by atomic mass is 9.52. The summed E-state index contributed by atoms with van der Waals surface area (Å²) in [7, 11) is 0. The Morgan fingerprint density at radius 1 is 0.333 bits per heavy atom. The second kappa shape index (κ2) is 9.59. The highest BCUT2D eigenvalue weighted by molar-refractivity contribution is 6.11. The van der Waals surface area contributed by atoms with Crippen molar-refractivity contribution in [1.82, 2.24) is 9.55 Å². The third-order valence-corrected chi connectivity index (χ3v) is 12.1. The number of fused-ring (bicyclic) bond motifs is 19. The Kier molecular flexibility index (Phi) is 5.14. The van der Waals surface area contributed by atoms with Gasteiger partial charge >= 0.3 is 0 Å². The van der Waals surface area contributed by atoms with Crippen LogP contribution in [0, 0.1) is 0 Å². The number of aromatic nitrogens is 2. The Hall–Kier alpha value is -6.51. The number of rotatable bonds is 1. The minimum atomic E-state index is -0.531. The SMILES string of the molecule is c1ccc(-n2c3ccccc3c3cc4c(cc32)C2(c3ccccc3-c3ccccc32)c2ccccc2C42c3ccccc3-c3ccccc32)nc1. The van der Waals surface area contributed by atoms with E-state index in [2.05, 4.69) is 174 Å². The molecule has 0 unspecified atom stereocenters. The van der Waals surface area contributed by atoms with Crippen molar-refractivity contribution in [2.75, 3.05) is 0 Å². The second-order valence-electron chi connectivity index (χ2n) is 14.2. The smallest absolute Gasteiger partial charge is 0.137 e. The summed E-state index contributed by atoms with van der Waals surface area (Å²) in [6.45, 7) is 0. The van der Waals surface area contributed by atoms with Crippen molar-refractivity contribution in [2.24, 2.45) is 0 Å². The molecule has 9 aromatic rings. The van der Waals surface area contributed by atoms with Gasteiger partial charge < -0.3 is 0 Å². The van der Waals surface area contributed by atoms with Gasteiger partial charge in [0.05, 0.1) is 21.9 Å². The topological polar surface area (TPSA) is 17.8 Å². The molecule has 0 radical (unpaired) electrons. The highest BCUT2D eigenvalue weighted by Crippen LogP contribution is 2.67. The van der Waals surface area contributed by atoms with E-state index in [0.29, 0.717) is 0 Å². The molecule has 3 aliphatic rings. The van der Waals surface area contributed by atoms with E-state index < -0.39 is 10.8 Å². The molecule has 0 aliphatic heterocycles. The number of hydrogen-bond acceptors (Lipinski definition) is 1. The van der Waals surface area contributed by atoms with Crippen LogP contribution in [0.25, 0.3) is 49.9 Å². The predicted molar refractivity (Wildman–Crippen MR) is 207 cm³/mol. The average molecular weight is 647 g/mol. The van der Waals surface area contributed by atoms with Gasteiger partial charge in [-0.3, -0.25) is 4.57 Å². The highest BCUT2D eigenvalue weighted by Gasteiger charge is 2.59. The first-order valence-corrected chi connectivity index (χ1v) is 17.8. The van der Waals surface area contributed by atoms with Crippen LogP contribution in [0.3, 0.4) is 0 Å². The first-order valence-electron chi connectivity index (χ1n) is 17.8. The molecule has 2 spiro atoms. The van der Waals surface area contributed by atoms with E-state index in [9.17, 15) is 0 Å². The number of pyridine rings is 1. The van der Waals surface area contributed by atoms with Crippen LogP contribution in [-0.4, -0.2) is 9.55 Å². The number of benzene rings is 7. The molecular formula is C49H30N2. The minimum absolute atomic E-state index is 0.515. The van der Waals surface area contributed by atoms with Gasteiger partial charge in [0.15, 0.2) is 0 Å². The van der Waals surface area contributed by atoms with Crippen molar-refractivity contribution in [3.63, 3.8) is 0 Å². The van der Waals surface area contributed by atoms with Crippen LogP contribution in [0.5, 0.6) is 0 Å². The molecule has 0 bridgehead atoms. The summed E-state index contributed by atoms with van der Waals surface area (Å²) >= 11 is 0. The third-order valence-electron chi connectivity index (χ3n) is 12.1. The first-order chi connectivity index (χ1) is 25.3. The lowest BCUT2D eigenvalue weighted by molar-refractivity contribution is 0.634. The first kappa shape index (κ1) is 27.3. The van der Waals surface area contributed by atoms with Gasteiger partial charge in [-0.1, -0.05) is 146 Å². The Morgan fingerprint density at radius 2 is 0.765 bits per heavy atom. The van der Waals surface area contributed by atoms with Crippen molar-refractivity contribution in [3.05, 3.63) is 227 Å². The molecule has 3 aliphatic carbocycles. The summed E-state index contributed by atoms with van der Waals surface area (Å²) < 4.78 is 2.37. The number of nitrogens with zero attached hydrogens (tertiary/aromatic N) is 2. The number of hydrogen-bond donors (Lipinski definition) is 0. The zero-order valence-corrected chi connectivity index (χ0v) is 27.7. The van der Waals surface area contributed by atoms with E-state index in [-0.39, 0.29) is 0 Å². The number of para-hydroxylation sites is 1. The van der Waals surface area contributed by atoms with Crippen molar-refractivity contribution in [1.29, 1.82) is 0 Å². The molecule has 0 saturated carbocycles. The maximum Gasteiger partial charge on any atom is 0.137 e. The van der Waals surface area contributed by atoms with E-state index in [4.69, 9.17) is 4.98 Å². The fourth-order valence-electron chi connectivity index (χ4n) is 10.4. The molecule has 2 heteroatoms. The average Bonchev–Trinajstić information content (AvgIpc) is 3.80. The van der Waals surface area contributed by atoms with Gasteiger partial charge in [0, 0.05) is 17.0 Å². The van der Waals surface area contributed by atoms with E-state index in [1.54, 1.807) is 0 Å². The van der Waals surface area contributed by atoms with Gasteiger partial charge in [0.25, 0.3) is 0 Å². The maximum absolute atomic E-state index is 4.92. The summed E-state index contributed by atoms with van der Waals surface area (Å²) in [5.41, 5.74) is 17.3. The van der Waals surface area contributed by atoms with Gasteiger partial charge in [0.1, 0.15) is 5.82 Å². The van der Waals surface area contributed by atoms with Crippen molar-refractivity contribution in [2.45, 2.75) is 10.8 Å². The summed E-state index contributed by atoms with van der Waals surface area (Å²) in [6, 6.07) is 66.0. The third kappa shape index (κ3) is 3.10. The molecule has 2 heterocycles. The molecule has 0 N–H and O–H groups in total. The van der Waals surface area contributed by atoms with Gasteiger partial charge in [-0.15, -0.1) is 0 Å². The quantitative estimate of drug-likeness (QED) is 0.174. The minimum Gasteiger partial charge on any atom is -0.294 e. The largest absolute Gasteiger partial charge is 0.294 e. The van der Waals surface area contributed by atoms with E-state index >= 15 is 0 Å². The monoisotopic (exact) mass is 646 g/mol. The van der Waals surface area contributed by atoms with Crippen molar-refractivity contribution >= 4 is 21.8 Å². The molecule has 12 rings (SSSR count). The lowest BCUT2D eigenvalue weighted by Gasteiger charge is -2.49. The van der Waals surface area contributed by atoms with Crippen LogP contribution < -0.4 is 0 Å². The summed E-state index contributed by atoms with van der Waals surface area (Å²) in [4.78, 5) is 4.92. The van der Waals surface area contributed by atoms with Gasteiger partial charge in [-0.2, -0.15) is 0 Å². The molecule has 0 fully saturated rings. The van der Waals surface area contributed by atoms with Crippen LogP contribution in [0.2, 0.25) is 0 Å². The normalized spacial score (nSPS) is 15.0. The van der Waals surface area contributed by atoms with Crippen LogP contribution in [0.15, 0.2) is 182 Å². The molecular weight excluding hydrogens is 617 g/mol. The zero-order valence-electron chi connectivity index (χ0n) is 27.7. The standard InChI is InChI=1S/C49H30N2/c1-6-20-37-31(15-1)32-16-2-7-21-38(32)48(37)41-24-10-11-25-42(41)49(39-22-8-3-17-33(39)34-18-4-9-23-40(34)49)44-30-46-36(29-43(44)48)35-19-5-12-26-45(35)51(46)47-27-13-14-28-50-47/h1-30H. The predicted octanol–water partition coefficient (Wildman–Crippen LogP) is 11.2. The van der Waals surface area contributed by atoms with E-state index in [1.807, 2.05) is 12.3 Å². The molecule has 0 amide bonds. The highest BCUT2D eigenvalue weighted by atomic mass is 15.1. The molecule has 51 heavy (non-hydrogen) atoms. The maximum atomic E-state index is 4.92. The summed E-state index contributed by atoms with van der Waals surface area (Å²) in [6.07, 6.45) is 1.90. The van der Waals surface area contributed by atoms with Gasteiger partial charge in [0.2, 0.25) is 0 Å². The molecule has 2 nitrogen and oxygen atoms in total. The van der Waals surface area contributed by atoms with E-state index in [1.165, 1.54) is 83.1 Å². The second-order valence-corrected chi connectivity index (χ2v) is 14.2. The van der Waals surface area contributed by atoms with Gasteiger partial charge in [-0.05, 0) is 97.1 Å². The Labute approximate surface area is 295 Å². The van der Waals surface area contributed by atoms with E-state index in [0.717, 1.165) is 11.3 Å². The summed E-state index contributed by atoms with van der Waals surface area (Å²) in [5.74, 6) is 0.924. The Morgan fingerprint density at radius 3 is 1.27 bits per heavy atom. The lowest BCUT2D eigenvalue weighted by Crippen LogP contribution is -2.43. The molecule has 0 saturated heterocycles. The molecule has 236 valence electrons. The van der Waals surface area contributed by atoms with Crippen LogP contribution >= 0.6 is 0 Å². The fraction of sp³-hybridized carbons (Fsp3) is 0.0408. The zero-order chi connectivity index (χ0) is 33.3. The fourth-order valence-corrected chi connectivity index (χ4v) is 10.4.